The molecule has 0 fully saturated rings. The van der Waals surface area contributed by atoms with Gasteiger partial charge in [0.05, 0.1) is 0 Å². The fourth-order valence-corrected chi connectivity index (χ4v) is 1.20. The Balaban J connectivity index is 0.000000500. The summed E-state index contributed by atoms with van der Waals surface area (Å²) in [6.07, 6.45) is 5.50. The van der Waals surface area contributed by atoms with Crippen LogP contribution in [0.5, 0.6) is 0 Å². The predicted molar refractivity (Wildman–Crippen MR) is 39.2 cm³/mol. The molecule has 0 bridgehead atoms. The van der Waals surface area contributed by atoms with Gasteiger partial charge in [0, 0.05) is 17.1 Å². The molecule has 0 nitrogen and oxygen atoms in total. The quantitative estimate of drug-likeness (QED) is 0.525. The minimum Gasteiger partial charge on any atom is -0.0795 e. The van der Waals surface area contributed by atoms with E-state index in [1.54, 1.807) is 0 Å². The summed E-state index contributed by atoms with van der Waals surface area (Å²) in [6.45, 7) is 0. The van der Waals surface area contributed by atoms with Crippen LogP contribution in [0.1, 0.15) is 11.1 Å². The van der Waals surface area contributed by atoms with E-state index in [9.17, 15) is 0 Å². The van der Waals surface area contributed by atoms with E-state index in [-0.39, 0.29) is 17.1 Å². The van der Waals surface area contributed by atoms with Gasteiger partial charge in [-0.2, -0.15) is 0 Å². The molecule has 0 saturated heterocycles. The molecule has 51 valence electrons. The predicted octanol–water partition coefficient (Wildman–Crippen LogP) is 2.25. The van der Waals surface area contributed by atoms with Gasteiger partial charge in [0.15, 0.2) is 0 Å². The Hall–Kier alpha value is -0.521. The first-order valence-corrected chi connectivity index (χ1v) is 3.21. The normalized spacial score (nSPS) is 12.4. The first-order valence-electron chi connectivity index (χ1n) is 3.21. The van der Waals surface area contributed by atoms with Gasteiger partial charge in [-0.05, 0) is 17.5 Å². The van der Waals surface area contributed by atoms with Crippen LogP contribution in [0.15, 0.2) is 30.3 Å². The maximum Gasteiger partial charge on any atom is 0 e. The molecule has 0 spiro atoms. The summed E-state index contributed by atoms with van der Waals surface area (Å²) >= 11 is 0. The van der Waals surface area contributed by atoms with E-state index in [1.807, 2.05) is 0 Å². The van der Waals surface area contributed by atoms with Gasteiger partial charge < -0.3 is 0 Å². The number of allylic oxidation sites excluding steroid dienone is 1. The van der Waals surface area contributed by atoms with Crippen LogP contribution in [0.4, 0.5) is 0 Å². The minimum absolute atomic E-state index is 0. The van der Waals surface area contributed by atoms with Gasteiger partial charge >= 0.3 is 0 Å². The largest absolute Gasteiger partial charge is 0.0795 e. The van der Waals surface area contributed by atoms with Crippen molar-refractivity contribution in [3.63, 3.8) is 0 Å². The van der Waals surface area contributed by atoms with Crippen LogP contribution < -0.4 is 0 Å². The van der Waals surface area contributed by atoms with Crippen molar-refractivity contribution in [3.8, 4) is 0 Å². The zero-order valence-corrected chi connectivity index (χ0v) is 6.73. The molecule has 0 aliphatic heterocycles. The van der Waals surface area contributed by atoms with E-state index in [2.05, 4.69) is 36.4 Å². The van der Waals surface area contributed by atoms with Gasteiger partial charge in [-0.25, -0.2) is 0 Å². The smallest absolute Gasteiger partial charge is 0 e. The molecular formula is C9H8Mn. The maximum atomic E-state index is 2.20. The molecule has 1 radical (unpaired) electrons. The summed E-state index contributed by atoms with van der Waals surface area (Å²) in [7, 11) is 0. The molecule has 1 aliphatic rings. The fourth-order valence-electron chi connectivity index (χ4n) is 1.20. The molecular weight excluding hydrogens is 163 g/mol. The second kappa shape index (κ2) is 3.05. The third kappa shape index (κ3) is 1.16. The number of fused-ring (bicyclic) bond motifs is 1. The third-order valence-electron chi connectivity index (χ3n) is 1.69. The Morgan fingerprint density at radius 1 is 1.10 bits per heavy atom. The van der Waals surface area contributed by atoms with Crippen molar-refractivity contribution in [1.82, 2.24) is 0 Å². The molecule has 1 aromatic carbocycles. The standard InChI is InChI=1S/C9H8.Mn/c1-2-5-9-7-3-6-8(9)4-1;/h1-6H,7H2;. The molecule has 1 heteroatoms. The molecule has 0 unspecified atom stereocenters. The van der Waals surface area contributed by atoms with Gasteiger partial charge in [0.1, 0.15) is 0 Å². The Labute approximate surface area is 71.4 Å². The van der Waals surface area contributed by atoms with Crippen LogP contribution in [-0.4, -0.2) is 0 Å². The van der Waals surface area contributed by atoms with Gasteiger partial charge in [0.25, 0.3) is 0 Å². The van der Waals surface area contributed by atoms with Crippen LogP contribution >= 0.6 is 0 Å². The van der Waals surface area contributed by atoms with E-state index in [4.69, 9.17) is 0 Å². The number of benzene rings is 1. The summed E-state index contributed by atoms with van der Waals surface area (Å²) in [6, 6.07) is 8.49. The summed E-state index contributed by atoms with van der Waals surface area (Å²) in [5, 5.41) is 0. The summed E-state index contributed by atoms with van der Waals surface area (Å²) < 4.78 is 0. The number of rotatable bonds is 0. The Morgan fingerprint density at radius 2 is 1.90 bits per heavy atom. The maximum absolute atomic E-state index is 2.20. The van der Waals surface area contributed by atoms with Crippen molar-refractivity contribution >= 4 is 6.08 Å². The monoisotopic (exact) mass is 171 g/mol. The molecule has 1 aliphatic carbocycles. The minimum atomic E-state index is 0. The average molecular weight is 171 g/mol. The van der Waals surface area contributed by atoms with Gasteiger partial charge in [0.2, 0.25) is 0 Å². The SMILES string of the molecule is C1=Cc2ccccc2C1.[Mn]. The second-order valence-electron chi connectivity index (χ2n) is 2.31. The Kier molecular flexibility index (Phi) is 2.31. The van der Waals surface area contributed by atoms with Crippen LogP contribution in [0, 0.1) is 0 Å². The van der Waals surface area contributed by atoms with Crippen molar-refractivity contribution in [2.75, 3.05) is 0 Å². The van der Waals surface area contributed by atoms with Crippen molar-refractivity contribution < 1.29 is 17.1 Å². The van der Waals surface area contributed by atoms with E-state index >= 15 is 0 Å². The van der Waals surface area contributed by atoms with Crippen molar-refractivity contribution in [3.05, 3.63) is 41.5 Å². The van der Waals surface area contributed by atoms with Gasteiger partial charge in [-0.15, -0.1) is 0 Å². The zero-order valence-electron chi connectivity index (χ0n) is 5.55. The molecule has 10 heavy (non-hydrogen) atoms. The van der Waals surface area contributed by atoms with Crippen LogP contribution in [-0.2, 0) is 23.5 Å². The number of hydrogen-bond acceptors (Lipinski definition) is 0. The Morgan fingerprint density at radius 3 is 2.70 bits per heavy atom. The molecule has 0 saturated carbocycles. The summed E-state index contributed by atoms with van der Waals surface area (Å²) in [4.78, 5) is 0. The molecule has 0 heterocycles. The first-order chi connectivity index (χ1) is 4.47. The zero-order chi connectivity index (χ0) is 6.10. The average Bonchev–Trinajstić information content (AvgIpc) is 2.33. The molecule has 0 aromatic heterocycles. The molecule has 2 rings (SSSR count). The van der Waals surface area contributed by atoms with Crippen molar-refractivity contribution in [2.45, 2.75) is 6.42 Å². The molecule has 0 N–H and O–H groups in total. The number of hydrogen-bond donors (Lipinski definition) is 0. The summed E-state index contributed by atoms with van der Waals surface area (Å²) in [5.74, 6) is 0. The van der Waals surface area contributed by atoms with E-state index in [1.165, 1.54) is 11.1 Å². The fraction of sp³-hybridized carbons (Fsp3) is 0.111. The van der Waals surface area contributed by atoms with E-state index < -0.39 is 0 Å². The topological polar surface area (TPSA) is 0 Å². The van der Waals surface area contributed by atoms with E-state index in [0.717, 1.165) is 6.42 Å². The van der Waals surface area contributed by atoms with Gasteiger partial charge in [-0.1, -0.05) is 36.4 Å². The summed E-state index contributed by atoms with van der Waals surface area (Å²) in [5.41, 5.74) is 2.84. The van der Waals surface area contributed by atoms with Crippen molar-refractivity contribution in [1.29, 1.82) is 0 Å². The second-order valence-corrected chi connectivity index (χ2v) is 2.31. The first kappa shape index (κ1) is 7.58. The van der Waals surface area contributed by atoms with Crippen molar-refractivity contribution in [2.24, 2.45) is 0 Å². The molecule has 0 amide bonds. The van der Waals surface area contributed by atoms with Crippen LogP contribution in [0.3, 0.4) is 0 Å². The van der Waals surface area contributed by atoms with E-state index in [0.29, 0.717) is 0 Å². The van der Waals surface area contributed by atoms with Crippen LogP contribution in [0.25, 0.3) is 6.08 Å². The third-order valence-corrected chi connectivity index (χ3v) is 1.69. The van der Waals surface area contributed by atoms with Gasteiger partial charge in [-0.3, -0.25) is 0 Å². The van der Waals surface area contributed by atoms with Crippen LogP contribution in [0.2, 0.25) is 0 Å². The molecule has 1 aromatic rings. The Bertz CT molecular complexity index is 251. The molecule has 0 atom stereocenters.